The molecular formula is C19H34IN3O3S. The van der Waals surface area contributed by atoms with Crippen molar-refractivity contribution in [2.24, 2.45) is 4.99 Å². The highest BCUT2D eigenvalue weighted by Crippen LogP contribution is 2.20. The molecule has 0 fully saturated rings. The lowest BCUT2D eigenvalue weighted by molar-refractivity contribution is 0.303. The molecule has 0 atom stereocenters. The molecule has 0 aliphatic heterocycles. The molecule has 0 unspecified atom stereocenters. The third-order valence-electron chi connectivity index (χ3n) is 4.04. The van der Waals surface area contributed by atoms with Gasteiger partial charge in [-0.1, -0.05) is 38.8 Å². The molecule has 0 radical (unpaired) electrons. The molecule has 0 saturated carbocycles. The number of rotatable bonds is 11. The maximum absolute atomic E-state index is 11.6. The molecule has 156 valence electrons. The van der Waals surface area contributed by atoms with Crippen molar-refractivity contribution >= 4 is 39.8 Å². The van der Waals surface area contributed by atoms with E-state index in [1.807, 2.05) is 19.1 Å². The number of halogens is 1. The van der Waals surface area contributed by atoms with Crippen LogP contribution < -0.4 is 15.4 Å². The van der Waals surface area contributed by atoms with E-state index < -0.39 is 9.84 Å². The molecule has 2 N–H and O–H groups in total. The van der Waals surface area contributed by atoms with Gasteiger partial charge >= 0.3 is 0 Å². The Balaban J connectivity index is 0.00000676. The fraction of sp³-hybridized carbons (Fsp3) is 0.632. The van der Waals surface area contributed by atoms with Crippen LogP contribution in [0, 0.1) is 6.92 Å². The summed E-state index contributed by atoms with van der Waals surface area (Å²) in [6.45, 7) is 7.48. The number of nitrogens with one attached hydrogen (secondary N) is 2. The van der Waals surface area contributed by atoms with Gasteiger partial charge in [-0.25, -0.2) is 8.42 Å². The third kappa shape index (κ3) is 10.8. The van der Waals surface area contributed by atoms with Crippen LogP contribution in [0.2, 0.25) is 0 Å². The first kappa shape index (κ1) is 26.0. The molecule has 8 heteroatoms. The Morgan fingerprint density at radius 3 is 2.56 bits per heavy atom. The molecule has 6 nitrogen and oxygen atoms in total. The fourth-order valence-corrected chi connectivity index (χ4v) is 3.05. The van der Waals surface area contributed by atoms with Gasteiger partial charge in [0.2, 0.25) is 0 Å². The Labute approximate surface area is 181 Å². The largest absolute Gasteiger partial charge is 0.493 e. The number of hydrogen-bond acceptors (Lipinski definition) is 4. The van der Waals surface area contributed by atoms with Crippen LogP contribution in [0.5, 0.6) is 5.75 Å². The normalized spacial score (nSPS) is 11.6. The van der Waals surface area contributed by atoms with Crippen LogP contribution in [-0.4, -0.2) is 46.1 Å². The Morgan fingerprint density at radius 2 is 1.93 bits per heavy atom. The zero-order valence-corrected chi connectivity index (χ0v) is 20.0. The summed E-state index contributed by atoms with van der Waals surface area (Å²) in [6.07, 6.45) is 3.38. The van der Waals surface area contributed by atoms with E-state index in [1.165, 1.54) is 6.42 Å². The van der Waals surface area contributed by atoms with Crippen molar-refractivity contribution in [3.63, 3.8) is 0 Å². The van der Waals surface area contributed by atoms with Crippen molar-refractivity contribution in [1.29, 1.82) is 0 Å². The van der Waals surface area contributed by atoms with Gasteiger partial charge in [0.05, 0.1) is 12.4 Å². The van der Waals surface area contributed by atoms with Gasteiger partial charge in [-0.3, -0.25) is 4.99 Å². The van der Waals surface area contributed by atoms with E-state index in [2.05, 4.69) is 28.6 Å². The monoisotopic (exact) mass is 511 g/mol. The highest BCUT2D eigenvalue weighted by Gasteiger charge is 2.09. The first-order valence-corrected chi connectivity index (χ1v) is 11.1. The summed E-state index contributed by atoms with van der Waals surface area (Å²) in [4.78, 5) is 4.14. The Hall–Kier alpha value is -1.03. The van der Waals surface area contributed by atoms with Crippen molar-refractivity contribution in [3.05, 3.63) is 29.3 Å². The molecule has 0 spiro atoms. The van der Waals surface area contributed by atoms with E-state index in [1.54, 1.807) is 14.0 Å². The van der Waals surface area contributed by atoms with Gasteiger partial charge < -0.3 is 15.4 Å². The second-order valence-corrected chi connectivity index (χ2v) is 8.73. The van der Waals surface area contributed by atoms with Crippen LogP contribution in [0.4, 0.5) is 0 Å². The average Bonchev–Trinajstić information content (AvgIpc) is 2.62. The molecule has 0 bridgehead atoms. The van der Waals surface area contributed by atoms with Crippen molar-refractivity contribution < 1.29 is 13.2 Å². The van der Waals surface area contributed by atoms with E-state index in [0.29, 0.717) is 25.7 Å². The first-order valence-electron chi connectivity index (χ1n) is 9.29. The van der Waals surface area contributed by atoms with Crippen LogP contribution in [0.3, 0.4) is 0 Å². The predicted molar refractivity (Wildman–Crippen MR) is 124 cm³/mol. The molecular weight excluding hydrogens is 477 g/mol. The van der Waals surface area contributed by atoms with E-state index in [4.69, 9.17) is 4.74 Å². The third-order valence-corrected chi connectivity index (χ3v) is 5.75. The Morgan fingerprint density at radius 1 is 1.19 bits per heavy atom. The first-order chi connectivity index (χ1) is 12.4. The van der Waals surface area contributed by atoms with E-state index in [-0.39, 0.29) is 35.5 Å². The molecule has 0 amide bonds. The second kappa shape index (κ2) is 14.0. The molecule has 27 heavy (non-hydrogen) atoms. The zero-order chi connectivity index (χ0) is 19.4. The highest BCUT2D eigenvalue weighted by atomic mass is 127. The lowest BCUT2D eigenvalue weighted by Gasteiger charge is -2.15. The van der Waals surface area contributed by atoms with Crippen molar-refractivity contribution in [3.8, 4) is 5.75 Å². The summed E-state index contributed by atoms with van der Waals surface area (Å²) in [7, 11) is -1.31. The number of benzene rings is 1. The molecule has 1 aromatic carbocycles. The summed E-state index contributed by atoms with van der Waals surface area (Å²) in [5.74, 6) is 1.72. The van der Waals surface area contributed by atoms with E-state index in [9.17, 15) is 8.42 Å². The number of guanidine groups is 1. The maximum Gasteiger partial charge on any atom is 0.191 e. The lowest BCUT2D eigenvalue weighted by Crippen LogP contribution is -2.39. The van der Waals surface area contributed by atoms with Crippen LogP contribution in [0.25, 0.3) is 0 Å². The minimum Gasteiger partial charge on any atom is -0.493 e. The van der Waals surface area contributed by atoms with Gasteiger partial charge in [-0.05, 0) is 25.0 Å². The van der Waals surface area contributed by atoms with Gasteiger partial charge in [0.15, 0.2) is 15.8 Å². The minimum absolute atomic E-state index is 0. The average molecular weight is 511 g/mol. The Kier molecular flexibility index (Phi) is 13.5. The van der Waals surface area contributed by atoms with E-state index >= 15 is 0 Å². The van der Waals surface area contributed by atoms with Gasteiger partial charge in [0.1, 0.15) is 5.75 Å². The van der Waals surface area contributed by atoms with Crippen LogP contribution >= 0.6 is 24.0 Å². The summed E-state index contributed by atoms with van der Waals surface area (Å²) >= 11 is 0. The number of aryl methyl sites for hydroxylation is 1. The molecule has 0 aliphatic rings. The predicted octanol–water partition coefficient (Wildman–Crippen LogP) is 3.28. The number of nitrogens with zero attached hydrogens (tertiary/aromatic N) is 1. The number of aliphatic imine (C=N–C) groups is 1. The number of unbranched alkanes of at least 4 members (excludes halogenated alkanes) is 2. The van der Waals surface area contributed by atoms with Gasteiger partial charge in [0.25, 0.3) is 0 Å². The second-order valence-electron chi connectivity index (χ2n) is 6.26. The molecule has 1 rings (SSSR count). The maximum atomic E-state index is 11.6. The van der Waals surface area contributed by atoms with Crippen LogP contribution in [0.15, 0.2) is 23.2 Å². The van der Waals surface area contributed by atoms with Gasteiger partial charge in [-0.15, -0.1) is 24.0 Å². The number of hydrogen-bond donors (Lipinski definition) is 2. The standard InChI is InChI=1S/C19H33N3O3S.HI/c1-5-7-8-12-25-18-14-16(3)9-10-17(18)15-22-19(20-4)21-11-13-26(23,24)6-2;/h9-10,14H,5-8,11-13,15H2,1-4H3,(H2,20,21,22);1H. The summed E-state index contributed by atoms with van der Waals surface area (Å²) < 4.78 is 29.1. The van der Waals surface area contributed by atoms with Gasteiger partial charge in [0, 0.05) is 31.5 Å². The summed E-state index contributed by atoms with van der Waals surface area (Å²) in [5, 5.41) is 6.26. The molecule has 0 saturated heterocycles. The summed E-state index contributed by atoms with van der Waals surface area (Å²) in [6, 6.07) is 6.15. The minimum atomic E-state index is -2.98. The quantitative estimate of drug-likeness (QED) is 0.206. The van der Waals surface area contributed by atoms with Crippen LogP contribution in [0.1, 0.15) is 44.2 Å². The topological polar surface area (TPSA) is 79.8 Å². The molecule has 0 aliphatic carbocycles. The SMILES string of the molecule is CCCCCOc1cc(C)ccc1CNC(=NC)NCCS(=O)(=O)CC.I. The molecule has 1 aromatic rings. The Bertz CT molecular complexity index is 679. The van der Waals surface area contributed by atoms with Crippen molar-refractivity contribution in [2.75, 3.05) is 31.7 Å². The van der Waals surface area contributed by atoms with Crippen molar-refractivity contribution in [2.45, 2.75) is 46.6 Å². The van der Waals surface area contributed by atoms with E-state index in [0.717, 1.165) is 29.7 Å². The zero-order valence-electron chi connectivity index (χ0n) is 16.9. The molecule has 0 heterocycles. The number of sulfone groups is 1. The van der Waals surface area contributed by atoms with Gasteiger partial charge in [-0.2, -0.15) is 0 Å². The molecule has 0 aromatic heterocycles. The summed E-state index contributed by atoms with van der Waals surface area (Å²) in [5.41, 5.74) is 2.21. The lowest BCUT2D eigenvalue weighted by atomic mass is 10.1. The number of ether oxygens (including phenoxy) is 1. The van der Waals surface area contributed by atoms with Crippen LogP contribution in [-0.2, 0) is 16.4 Å². The fourth-order valence-electron chi connectivity index (χ4n) is 2.35. The smallest absolute Gasteiger partial charge is 0.191 e. The van der Waals surface area contributed by atoms with Crippen molar-refractivity contribution in [1.82, 2.24) is 10.6 Å². The highest BCUT2D eigenvalue weighted by molar-refractivity contribution is 14.0.